The van der Waals surface area contributed by atoms with Gasteiger partial charge in [0.05, 0.1) is 0 Å². The molecule has 0 heterocycles. The molecule has 1 amide bonds. The lowest BCUT2D eigenvalue weighted by molar-refractivity contribution is -0.134. The normalized spacial score (nSPS) is 11.9. The monoisotopic (exact) mass is 200 g/mol. The zero-order valence-corrected chi connectivity index (χ0v) is 10.1. The van der Waals surface area contributed by atoms with E-state index in [2.05, 4.69) is 13.8 Å². The molecule has 0 aromatic carbocycles. The third kappa shape index (κ3) is 4.09. The first-order chi connectivity index (χ1) is 6.31. The van der Waals surface area contributed by atoms with Gasteiger partial charge in [0.2, 0.25) is 5.91 Å². The van der Waals surface area contributed by atoms with E-state index < -0.39 is 0 Å². The minimum Gasteiger partial charge on any atom is -0.339 e. The van der Waals surface area contributed by atoms with Crippen molar-refractivity contribution in [1.82, 2.24) is 4.90 Å². The molecule has 3 heteroatoms. The summed E-state index contributed by atoms with van der Waals surface area (Å²) >= 11 is 0. The van der Waals surface area contributed by atoms with Crippen molar-refractivity contribution in [2.24, 2.45) is 11.7 Å². The molecule has 0 unspecified atom stereocenters. The summed E-state index contributed by atoms with van der Waals surface area (Å²) in [6, 6.07) is 0. The van der Waals surface area contributed by atoms with Crippen LogP contribution in [0.4, 0.5) is 0 Å². The molecule has 84 valence electrons. The number of carbonyl (C=O) groups is 1. The Morgan fingerprint density at radius 1 is 1.43 bits per heavy atom. The molecule has 0 fully saturated rings. The highest BCUT2D eigenvalue weighted by Crippen LogP contribution is 2.13. The average molecular weight is 200 g/mol. The molecule has 0 saturated carbocycles. The third-order valence-corrected chi connectivity index (χ3v) is 2.72. The molecule has 14 heavy (non-hydrogen) atoms. The lowest BCUT2D eigenvalue weighted by Crippen LogP contribution is -2.50. The summed E-state index contributed by atoms with van der Waals surface area (Å²) in [4.78, 5) is 13.5. The van der Waals surface area contributed by atoms with Gasteiger partial charge in [-0.25, -0.2) is 0 Å². The van der Waals surface area contributed by atoms with Gasteiger partial charge in [0.1, 0.15) is 0 Å². The maximum absolute atomic E-state index is 11.7. The Morgan fingerprint density at radius 3 is 2.29 bits per heavy atom. The molecule has 3 nitrogen and oxygen atoms in total. The Hall–Kier alpha value is -0.570. The maximum Gasteiger partial charge on any atom is 0.222 e. The SMILES string of the molecule is CC(C)CCC(=O)N(C)C(C)(C)CN. The van der Waals surface area contributed by atoms with Crippen LogP contribution < -0.4 is 5.73 Å². The van der Waals surface area contributed by atoms with E-state index in [-0.39, 0.29) is 11.4 Å². The van der Waals surface area contributed by atoms with Crippen molar-refractivity contribution in [1.29, 1.82) is 0 Å². The molecule has 0 bridgehead atoms. The predicted octanol–water partition coefficient (Wildman–Crippen LogP) is 1.62. The van der Waals surface area contributed by atoms with Gasteiger partial charge in [0, 0.05) is 25.6 Å². The second-order valence-corrected chi connectivity index (χ2v) is 4.90. The number of rotatable bonds is 5. The summed E-state index contributed by atoms with van der Waals surface area (Å²) in [7, 11) is 1.83. The molecule has 0 aliphatic carbocycles. The van der Waals surface area contributed by atoms with Crippen molar-refractivity contribution in [3.05, 3.63) is 0 Å². The summed E-state index contributed by atoms with van der Waals surface area (Å²) in [5.41, 5.74) is 5.38. The number of hydrogen-bond donors (Lipinski definition) is 1. The number of nitrogens with two attached hydrogens (primary N) is 1. The van der Waals surface area contributed by atoms with E-state index in [4.69, 9.17) is 5.73 Å². The third-order valence-electron chi connectivity index (χ3n) is 2.72. The number of carbonyl (C=O) groups excluding carboxylic acids is 1. The minimum atomic E-state index is -0.228. The zero-order valence-electron chi connectivity index (χ0n) is 10.1. The summed E-state index contributed by atoms with van der Waals surface area (Å²) in [6.45, 7) is 8.72. The quantitative estimate of drug-likeness (QED) is 0.733. The second kappa shape index (κ2) is 5.35. The average Bonchev–Trinajstić information content (AvgIpc) is 2.12. The summed E-state index contributed by atoms with van der Waals surface area (Å²) in [5, 5.41) is 0. The van der Waals surface area contributed by atoms with Crippen LogP contribution in [-0.4, -0.2) is 29.9 Å². The Balaban J connectivity index is 4.12. The molecule has 0 aromatic rings. The molecule has 0 aliphatic rings. The van der Waals surface area contributed by atoms with Crippen LogP contribution in [0.3, 0.4) is 0 Å². The van der Waals surface area contributed by atoms with E-state index in [1.165, 1.54) is 0 Å². The van der Waals surface area contributed by atoms with Crippen molar-refractivity contribution in [2.45, 2.75) is 46.1 Å². The molecule has 0 atom stereocenters. The molecule has 0 radical (unpaired) electrons. The van der Waals surface area contributed by atoms with E-state index >= 15 is 0 Å². The Morgan fingerprint density at radius 2 is 1.93 bits per heavy atom. The summed E-state index contributed by atoms with van der Waals surface area (Å²) in [6.07, 6.45) is 1.57. The first-order valence-corrected chi connectivity index (χ1v) is 5.28. The van der Waals surface area contributed by atoms with Crippen LogP contribution >= 0.6 is 0 Å². The molecular formula is C11H24N2O. The van der Waals surface area contributed by atoms with Crippen molar-refractivity contribution < 1.29 is 4.79 Å². The number of nitrogens with zero attached hydrogens (tertiary/aromatic N) is 1. The number of likely N-dealkylation sites (N-methyl/N-ethyl adjacent to an activating group) is 1. The van der Waals surface area contributed by atoms with Crippen LogP contribution in [0.15, 0.2) is 0 Å². The van der Waals surface area contributed by atoms with Crippen molar-refractivity contribution in [2.75, 3.05) is 13.6 Å². The topological polar surface area (TPSA) is 46.3 Å². The van der Waals surface area contributed by atoms with Crippen LogP contribution in [0.25, 0.3) is 0 Å². The van der Waals surface area contributed by atoms with Gasteiger partial charge in [-0.15, -0.1) is 0 Å². The standard InChI is InChI=1S/C11H24N2O/c1-9(2)6-7-10(14)13(5)11(3,4)8-12/h9H,6-8,12H2,1-5H3. The van der Waals surface area contributed by atoms with Crippen molar-refractivity contribution in [3.63, 3.8) is 0 Å². The predicted molar refractivity (Wildman–Crippen MR) is 60.0 cm³/mol. The molecule has 0 aromatic heterocycles. The number of hydrogen-bond acceptors (Lipinski definition) is 2. The fourth-order valence-corrected chi connectivity index (χ4v) is 1.05. The van der Waals surface area contributed by atoms with Crippen LogP contribution in [-0.2, 0) is 4.79 Å². The van der Waals surface area contributed by atoms with Crippen LogP contribution in [0, 0.1) is 5.92 Å². The molecule has 2 N–H and O–H groups in total. The molecular weight excluding hydrogens is 176 g/mol. The largest absolute Gasteiger partial charge is 0.339 e. The Labute approximate surface area is 87.6 Å². The van der Waals surface area contributed by atoms with Gasteiger partial charge in [-0.3, -0.25) is 4.79 Å². The van der Waals surface area contributed by atoms with Gasteiger partial charge < -0.3 is 10.6 Å². The van der Waals surface area contributed by atoms with Gasteiger partial charge in [-0.2, -0.15) is 0 Å². The Kier molecular flexibility index (Phi) is 5.13. The summed E-state index contributed by atoms with van der Waals surface area (Å²) in [5.74, 6) is 0.766. The fourth-order valence-electron chi connectivity index (χ4n) is 1.05. The lowest BCUT2D eigenvalue weighted by Gasteiger charge is -2.34. The van der Waals surface area contributed by atoms with E-state index in [0.29, 0.717) is 18.9 Å². The van der Waals surface area contributed by atoms with Gasteiger partial charge in [-0.05, 0) is 26.2 Å². The van der Waals surface area contributed by atoms with Crippen LogP contribution in [0.5, 0.6) is 0 Å². The van der Waals surface area contributed by atoms with Crippen LogP contribution in [0.1, 0.15) is 40.5 Å². The van der Waals surface area contributed by atoms with Crippen molar-refractivity contribution in [3.8, 4) is 0 Å². The first-order valence-electron chi connectivity index (χ1n) is 5.28. The maximum atomic E-state index is 11.7. The van der Waals surface area contributed by atoms with E-state index in [0.717, 1.165) is 6.42 Å². The summed E-state index contributed by atoms with van der Waals surface area (Å²) < 4.78 is 0. The fraction of sp³-hybridized carbons (Fsp3) is 0.909. The second-order valence-electron chi connectivity index (χ2n) is 4.90. The smallest absolute Gasteiger partial charge is 0.222 e. The van der Waals surface area contributed by atoms with E-state index in [1.807, 2.05) is 20.9 Å². The Bertz CT molecular complexity index is 188. The first kappa shape index (κ1) is 13.4. The van der Waals surface area contributed by atoms with E-state index in [1.54, 1.807) is 4.90 Å². The molecule has 0 rings (SSSR count). The molecule has 0 aliphatic heterocycles. The zero-order chi connectivity index (χ0) is 11.4. The highest BCUT2D eigenvalue weighted by molar-refractivity contribution is 5.76. The van der Waals surface area contributed by atoms with Crippen LogP contribution in [0.2, 0.25) is 0 Å². The minimum absolute atomic E-state index is 0.189. The van der Waals surface area contributed by atoms with Gasteiger partial charge in [-0.1, -0.05) is 13.8 Å². The van der Waals surface area contributed by atoms with Gasteiger partial charge >= 0.3 is 0 Å². The van der Waals surface area contributed by atoms with Crippen molar-refractivity contribution >= 4 is 5.91 Å². The van der Waals surface area contributed by atoms with Gasteiger partial charge in [0.25, 0.3) is 0 Å². The number of amides is 1. The molecule has 0 saturated heterocycles. The lowest BCUT2D eigenvalue weighted by atomic mass is 10.0. The highest BCUT2D eigenvalue weighted by Gasteiger charge is 2.25. The van der Waals surface area contributed by atoms with E-state index in [9.17, 15) is 4.79 Å². The van der Waals surface area contributed by atoms with Gasteiger partial charge in [0.15, 0.2) is 0 Å². The highest BCUT2D eigenvalue weighted by atomic mass is 16.2. The molecule has 0 spiro atoms.